The van der Waals surface area contributed by atoms with Crippen molar-refractivity contribution in [3.8, 4) is 0 Å². The van der Waals surface area contributed by atoms with Gasteiger partial charge in [0, 0.05) is 33.6 Å². The number of benzene rings is 1. The van der Waals surface area contributed by atoms with Gasteiger partial charge < -0.3 is 10.2 Å². The second-order valence-corrected chi connectivity index (χ2v) is 7.78. The molecule has 0 radical (unpaired) electrons. The molecule has 2 atom stereocenters. The molecule has 2 aromatic rings. The van der Waals surface area contributed by atoms with Crippen LogP contribution in [0.3, 0.4) is 0 Å². The lowest BCUT2D eigenvalue weighted by Crippen LogP contribution is -2.45. The summed E-state index contributed by atoms with van der Waals surface area (Å²) in [5, 5.41) is 5.90. The van der Waals surface area contributed by atoms with E-state index in [4.69, 9.17) is 11.6 Å². The average molecular weight is 321 g/mol. The monoisotopic (exact) mass is 320 g/mol. The minimum atomic E-state index is 0.658. The van der Waals surface area contributed by atoms with Gasteiger partial charge in [-0.1, -0.05) is 29.8 Å². The van der Waals surface area contributed by atoms with E-state index in [0.29, 0.717) is 6.04 Å². The van der Waals surface area contributed by atoms with E-state index in [-0.39, 0.29) is 0 Å². The number of thiophene rings is 1. The number of hydrogen-bond donors (Lipinski definition) is 1. The Morgan fingerprint density at radius 1 is 1.24 bits per heavy atom. The van der Waals surface area contributed by atoms with Crippen molar-refractivity contribution < 1.29 is 0 Å². The van der Waals surface area contributed by atoms with Crippen LogP contribution < -0.4 is 5.32 Å². The molecule has 0 spiro atoms. The van der Waals surface area contributed by atoms with Gasteiger partial charge in [0.25, 0.3) is 0 Å². The van der Waals surface area contributed by atoms with Gasteiger partial charge >= 0.3 is 0 Å². The molecule has 2 saturated heterocycles. The fourth-order valence-corrected chi connectivity index (χ4v) is 5.28. The van der Waals surface area contributed by atoms with Crippen molar-refractivity contribution in [1.29, 1.82) is 0 Å². The molecular weight excluding hydrogens is 300 g/mol. The third-order valence-corrected chi connectivity index (χ3v) is 6.69. The third-order valence-electron chi connectivity index (χ3n) is 4.97. The molecule has 2 unspecified atom stereocenters. The van der Waals surface area contributed by atoms with Gasteiger partial charge in [0.15, 0.2) is 0 Å². The van der Waals surface area contributed by atoms with Crippen LogP contribution in [0, 0.1) is 0 Å². The minimum Gasteiger partial charge on any atom is -0.309 e. The Hall–Kier alpha value is -0.610. The molecule has 3 heterocycles. The summed E-state index contributed by atoms with van der Waals surface area (Å²) in [6.45, 7) is 3.50. The molecule has 0 amide bonds. The predicted molar refractivity (Wildman–Crippen MR) is 91.3 cm³/mol. The van der Waals surface area contributed by atoms with E-state index in [1.807, 2.05) is 11.3 Å². The van der Waals surface area contributed by atoms with Gasteiger partial charge in [0.2, 0.25) is 0 Å². The molecule has 2 fully saturated rings. The van der Waals surface area contributed by atoms with Gasteiger partial charge in [-0.25, -0.2) is 0 Å². The van der Waals surface area contributed by atoms with Crippen LogP contribution in [0.5, 0.6) is 0 Å². The summed E-state index contributed by atoms with van der Waals surface area (Å²) >= 11 is 8.35. The Morgan fingerprint density at radius 3 is 3.05 bits per heavy atom. The van der Waals surface area contributed by atoms with Crippen molar-refractivity contribution in [3.63, 3.8) is 0 Å². The summed E-state index contributed by atoms with van der Waals surface area (Å²) in [5.74, 6) is 0. The smallest absolute Gasteiger partial charge is 0.0636 e. The second kappa shape index (κ2) is 5.88. The first-order chi connectivity index (χ1) is 10.3. The van der Waals surface area contributed by atoms with Gasteiger partial charge in [0.05, 0.1) is 5.02 Å². The highest BCUT2D eigenvalue weighted by atomic mass is 35.5. The summed E-state index contributed by atoms with van der Waals surface area (Å²) in [7, 11) is 0. The minimum absolute atomic E-state index is 0.658. The molecule has 112 valence electrons. The Morgan fingerprint density at radius 2 is 2.14 bits per heavy atom. The number of hydrogen-bond acceptors (Lipinski definition) is 3. The summed E-state index contributed by atoms with van der Waals surface area (Å²) in [6, 6.07) is 9.91. The van der Waals surface area contributed by atoms with Gasteiger partial charge in [-0.15, -0.1) is 11.3 Å². The Labute approximate surface area is 135 Å². The van der Waals surface area contributed by atoms with E-state index >= 15 is 0 Å². The molecule has 4 rings (SSSR count). The highest BCUT2D eigenvalue weighted by Crippen LogP contribution is 2.35. The zero-order valence-electron chi connectivity index (χ0n) is 12.1. The summed E-state index contributed by atoms with van der Waals surface area (Å²) in [6.07, 6.45) is 5.36. The number of rotatable bonds is 3. The Balaban J connectivity index is 1.42. The quantitative estimate of drug-likeness (QED) is 0.908. The largest absolute Gasteiger partial charge is 0.309 e. The maximum atomic E-state index is 6.53. The number of fused-ring (bicyclic) bond motifs is 2. The van der Waals surface area contributed by atoms with Crippen LogP contribution >= 0.6 is 22.9 Å². The topological polar surface area (TPSA) is 15.3 Å². The summed E-state index contributed by atoms with van der Waals surface area (Å²) < 4.78 is 1.30. The van der Waals surface area contributed by atoms with Gasteiger partial charge in [-0.3, -0.25) is 0 Å². The van der Waals surface area contributed by atoms with E-state index < -0.39 is 0 Å². The fraction of sp³-hybridized carbons (Fsp3) is 0.529. The van der Waals surface area contributed by atoms with Crippen molar-refractivity contribution in [2.45, 2.75) is 44.3 Å². The first-order valence-electron chi connectivity index (χ1n) is 7.94. The van der Waals surface area contributed by atoms with Gasteiger partial charge in [-0.2, -0.15) is 0 Å². The first-order valence-corrected chi connectivity index (χ1v) is 9.14. The lowest BCUT2D eigenvalue weighted by molar-refractivity contribution is 0.166. The normalized spacial score (nSPS) is 26.3. The van der Waals surface area contributed by atoms with E-state index in [1.165, 1.54) is 53.7 Å². The molecule has 2 aliphatic rings. The van der Waals surface area contributed by atoms with Crippen molar-refractivity contribution in [2.75, 3.05) is 13.1 Å². The lowest BCUT2D eigenvalue weighted by Gasteiger charge is -2.35. The average Bonchev–Trinajstić information content (AvgIpc) is 3.10. The van der Waals surface area contributed by atoms with E-state index in [9.17, 15) is 0 Å². The molecule has 1 aromatic heterocycles. The maximum absolute atomic E-state index is 6.53. The second-order valence-electron chi connectivity index (χ2n) is 6.27. The molecule has 2 aliphatic heterocycles. The number of piperidine rings is 1. The van der Waals surface area contributed by atoms with Crippen molar-refractivity contribution in [2.24, 2.45) is 0 Å². The fourth-order valence-electron chi connectivity index (χ4n) is 3.83. The highest BCUT2D eigenvalue weighted by Gasteiger charge is 2.31. The van der Waals surface area contributed by atoms with Crippen LogP contribution in [0.4, 0.5) is 0 Å². The van der Waals surface area contributed by atoms with Crippen LogP contribution in [-0.2, 0) is 6.54 Å². The zero-order valence-corrected chi connectivity index (χ0v) is 13.7. The molecule has 2 nitrogen and oxygen atoms in total. The molecule has 1 aromatic carbocycles. The number of nitrogens with one attached hydrogen (secondary N) is 1. The predicted octanol–water partition coefficient (Wildman–Crippen LogP) is 4.27. The van der Waals surface area contributed by atoms with Gasteiger partial charge in [0.1, 0.15) is 0 Å². The van der Waals surface area contributed by atoms with E-state index in [2.05, 4.69) is 34.5 Å². The Bertz CT molecular complexity index is 639. The van der Waals surface area contributed by atoms with E-state index in [0.717, 1.165) is 17.6 Å². The van der Waals surface area contributed by atoms with Crippen LogP contribution in [0.25, 0.3) is 10.1 Å². The van der Waals surface area contributed by atoms with Gasteiger partial charge in [-0.05, 0) is 44.8 Å². The Kier molecular flexibility index (Phi) is 3.92. The summed E-state index contributed by atoms with van der Waals surface area (Å²) in [5.41, 5.74) is 0. The van der Waals surface area contributed by atoms with Crippen molar-refractivity contribution >= 4 is 33.0 Å². The molecule has 0 saturated carbocycles. The van der Waals surface area contributed by atoms with E-state index in [1.54, 1.807) is 0 Å². The highest BCUT2D eigenvalue weighted by molar-refractivity contribution is 7.19. The standard InChI is InChI=1S/C17H21ClN2S/c18-17-14-5-1-2-6-15(14)21-16(17)11-19-12-7-9-20-8-3-4-13(20)10-12/h1-2,5-6,12-13,19H,3-4,7-11H2. The SMILES string of the molecule is Clc1c(CNC2CCN3CCCC3C2)sc2ccccc12. The van der Waals surface area contributed by atoms with Crippen molar-refractivity contribution in [1.82, 2.24) is 10.2 Å². The lowest BCUT2D eigenvalue weighted by atomic mass is 9.97. The van der Waals surface area contributed by atoms with Crippen LogP contribution in [-0.4, -0.2) is 30.1 Å². The number of nitrogens with zero attached hydrogens (tertiary/aromatic N) is 1. The molecule has 0 bridgehead atoms. The molecule has 21 heavy (non-hydrogen) atoms. The van der Waals surface area contributed by atoms with Crippen LogP contribution in [0.15, 0.2) is 24.3 Å². The van der Waals surface area contributed by atoms with Crippen LogP contribution in [0.1, 0.15) is 30.6 Å². The van der Waals surface area contributed by atoms with Crippen LogP contribution in [0.2, 0.25) is 5.02 Å². The maximum Gasteiger partial charge on any atom is 0.0636 e. The van der Waals surface area contributed by atoms with Crippen molar-refractivity contribution in [3.05, 3.63) is 34.2 Å². The zero-order chi connectivity index (χ0) is 14.2. The first kappa shape index (κ1) is 14.0. The summed E-state index contributed by atoms with van der Waals surface area (Å²) in [4.78, 5) is 3.96. The molecular formula is C17H21ClN2S. The molecule has 4 heteroatoms. The molecule has 0 aliphatic carbocycles. The number of halogens is 1. The molecule has 1 N–H and O–H groups in total. The third kappa shape index (κ3) is 2.72.